The van der Waals surface area contributed by atoms with E-state index in [4.69, 9.17) is 10.5 Å². The summed E-state index contributed by atoms with van der Waals surface area (Å²) in [4.78, 5) is 27.2. The number of carbonyl (C=O) groups is 2. The number of carbonyl (C=O) groups excluding carboxylic acids is 2. The summed E-state index contributed by atoms with van der Waals surface area (Å²) >= 11 is 1.57. The first-order valence-electron chi connectivity index (χ1n) is 9.48. The first-order chi connectivity index (χ1) is 14.1. The highest BCUT2D eigenvalue weighted by Gasteiger charge is 2.52. The molecule has 0 bridgehead atoms. The molecule has 2 aromatic rings. The predicted octanol–water partition coefficient (Wildman–Crippen LogP) is 3.39. The third-order valence-electron chi connectivity index (χ3n) is 5.03. The zero-order valence-electron chi connectivity index (χ0n) is 16.0. The second-order valence-electron chi connectivity index (χ2n) is 6.92. The van der Waals surface area contributed by atoms with Gasteiger partial charge in [-0.3, -0.25) is 9.69 Å². The van der Waals surface area contributed by atoms with Crippen molar-refractivity contribution in [1.82, 2.24) is 4.90 Å². The van der Waals surface area contributed by atoms with Crippen molar-refractivity contribution >= 4 is 23.6 Å². The third-order valence-corrected chi connectivity index (χ3v) is 6.35. The molecule has 2 atom stereocenters. The molecule has 0 aromatic heterocycles. The maximum Gasteiger partial charge on any atom is 0.356 e. The molecule has 1 saturated heterocycles. The van der Waals surface area contributed by atoms with Crippen molar-refractivity contribution in [2.24, 2.45) is 5.73 Å². The normalized spacial score (nSPS) is 21.3. The Morgan fingerprint density at radius 2 is 1.72 bits per heavy atom. The number of nitrogens with two attached hydrogens (primary N) is 1. The second-order valence-corrected chi connectivity index (χ2v) is 8.02. The predicted molar refractivity (Wildman–Crippen MR) is 114 cm³/mol. The van der Waals surface area contributed by atoms with Gasteiger partial charge < -0.3 is 10.5 Å². The molecule has 0 spiro atoms. The molecule has 2 heterocycles. The van der Waals surface area contributed by atoms with Crippen LogP contribution in [0.15, 0.2) is 84.1 Å². The zero-order chi connectivity index (χ0) is 20.4. The fourth-order valence-electron chi connectivity index (χ4n) is 3.61. The van der Waals surface area contributed by atoms with Crippen LogP contribution in [0.1, 0.15) is 24.2 Å². The molecule has 148 valence electrons. The number of fused-ring (bicyclic) bond motifs is 1. The molecule has 2 N–H and O–H groups in total. The van der Waals surface area contributed by atoms with Crippen LogP contribution in [0.3, 0.4) is 0 Å². The average Bonchev–Trinajstić information content (AvgIpc) is 2.77. The topological polar surface area (TPSA) is 72.6 Å². The highest BCUT2D eigenvalue weighted by molar-refractivity contribution is 8.00. The molecular formula is C23H22N2O3S. The Labute approximate surface area is 174 Å². The van der Waals surface area contributed by atoms with Crippen LogP contribution in [0.25, 0.3) is 0 Å². The summed E-state index contributed by atoms with van der Waals surface area (Å²) in [5.41, 5.74) is 8.75. The van der Waals surface area contributed by atoms with Crippen molar-refractivity contribution < 1.29 is 14.3 Å². The van der Waals surface area contributed by atoms with Gasteiger partial charge in [0.15, 0.2) is 6.10 Å². The molecule has 5 nitrogen and oxygen atoms in total. The number of rotatable bonds is 5. The van der Waals surface area contributed by atoms with Crippen molar-refractivity contribution in [3.05, 3.63) is 95.2 Å². The number of hydrogen-bond donors (Lipinski definition) is 1. The largest absolute Gasteiger partial charge is 0.448 e. The first-order valence-corrected chi connectivity index (χ1v) is 10.5. The van der Waals surface area contributed by atoms with Crippen molar-refractivity contribution in [2.45, 2.75) is 24.4 Å². The van der Waals surface area contributed by atoms with E-state index in [-0.39, 0.29) is 11.3 Å². The number of ether oxygens (including phenoxy) is 1. The van der Waals surface area contributed by atoms with Crippen LogP contribution in [-0.4, -0.2) is 33.9 Å². The standard InChI is InChI=1S/C23H22N2O3S/c1-2-9-17-14-29-22-18(24)21(26)25(22)19(17)23(27)28-20(15-10-5-3-6-11-15)16-12-7-4-8-13-16/h2-13,18,20,22H,14,24H2,1H3/b9-2-/t18-,22+/m1/s1. The van der Waals surface area contributed by atoms with Crippen LogP contribution in [-0.2, 0) is 14.3 Å². The fraction of sp³-hybridized carbons (Fsp3) is 0.217. The minimum atomic E-state index is -0.575. The lowest BCUT2D eigenvalue weighted by atomic mass is 10.0. The lowest BCUT2D eigenvalue weighted by Crippen LogP contribution is -2.68. The molecule has 2 aliphatic heterocycles. The summed E-state index contributed by atoms with van der Waals surface area (Å²) in [6, 6.07) is 18.6. The van der Waals surface area contributed by atoms with E-state index < -0.39 is 18.1 Å². The number of esters is 1. The Morgan fingerprint density at radius 3 is 2.28 bits per heavy atom. The van der Waals surface area contributed by atoms with Gasteiger partial charge in [-0.05, 0) is 23.6 Å². The van der Waals surface area contributed by atoms with Gasteiger partial charge in [-0.1, -0.05) is 72.8 Å². The molecule has 2 aromatic carbocycles. The highest BCUT2D eigenvalue weighted by atomic mass is 32.2. The third kappa shape index (κ3) is 3.61. The SMILES string of the molecule is C/C=C\C1=C(C(=O)OC(c2ccccc2)c2ccccc2)N2C(=O)[C@@H](N)[C@@H]2SC1. The monoisotopic (exact) mass is 406 g/mol. The minimum absolute atomic E-state index is 0.217. The molecule has 2 aliphatic rings. The van der Waals surface area contributed by atoms with Crippen LogP contribution in [0, 0.1) is 0 Å². The average molecular weight is 407 g/mol. The number of benzene rings is 2. The molecular weight excluding hydrogens is 384 g/mol. The van der Waals surface area contributed by atoms with Crippen LogP contribution in [0.5, 0.6) is 0 Å². The van der Waals surface area contributed by atoms with Gasteiger partial charge in [-0.15, -0.1) is 11.8 Å². The zero-order valence-corrected chi connectivity index (χ0v) is 16.8. The molecule has 0 radical (unpaired) electrons. The van der Waals surface area contributed by atoms with Gasteiger partial charge in [0, 0.05) is 5.75 Å². The Morgan fingerprint density at radius 1 is 1.14 bits per heavy atom. The van der Waals surface area contributed by atoms with Gasteiger partial charge in [0.2, 0.25) is 5.91 Å². The Hall–Kier alpha value is -2.83. The Balaban J connectivity index is 1.70. The number of nitrogens with zero attached hydrogens (tertiary/aromatic N) is 1. The summed E-state index contributed by atoms with van der Waals surface area (Å²) in [5.74, 6) is -0.147. The Bertz CT molecular complexity index is 933. The maximum absolute atomic E-state index is 13.3. The van der Waals surface area contributed by atoms with E-state index in [1.54, 1.807) is 11.8 Å². The van der Waals surface area contributed by atoms with Crippen molar-refractivity contribution in [1.29, 1.82) is 0 Å². The van der Waals surface area contributed by atoms with Crippen LogP contribution in [0.2, 0.25) is 0 Å². The molecule has 6 heteroatoms. The second kappa shape index (κ2) is 8.27. The smallest absolute Gasteiger partial charge is 0.356 e. The van der Waals surface area contributed by atoms with E-state index in [2.05, 4.69) is 0 Å². The number of allylic oxidation sites excluding steroid dienone is 2. The molecule has 0 aliphatic carbocycles. The maximum atomic E-state index is 13.3. The van der Waals surface area contributed by atoms with Gasteiger partial charge in [0.05, 0.1) is 0 Å². The van der Waals surface area contributed by atoms with E-state index in [0.29, 0.717) is 11.4 Å². The summed E-state index contributed by atoms with van der Waals surface area (Å²) in [5, 5.41) is -0.217. The number of amides is 1. The molecule has 29 heavy (non-hydrogen) atoms. The van der Waals surface area contributed by atoms with Crippen LogP contribution < -0.4 is 5.73 Å². The molecule has 4 rings (SSSR count). The van der Waals surface area contributed by atoms with Crippen molar-refractivity contribution in [2.75, 3.05) is 5.75 Å². The quantitative estimate of drug-likeness (QED) is 0.609. The van der Waals surface area contributed by atoms with Crippen molar-refractivity contribution in [3.8, 4) is 0 Å². The minimum Gasteiger partial charge on any atom is -0.448 e. The summed E-state index contributed by atoms with van der Waals surface area (Å²) in [6.45, 7) is 1.88. The number of thioether (sulfide) groups is 1. The molecule has 1 amide bonds. The summed E-state index contributed by atoms with van der Waals surface area (Å²) in [7, 11) is 0. The van der Waals surface area contributed by atoms with Gasteiger partial charge >= 0.3 is 5.97 Å². The summed E-state index contributed by atoms with van der Waals surface area (Å²) < 4.78 is 6.00. The fourth-order valence-corrected chi connectivity index (χ4v) is 4.87. The summed E-state index contributed by atoms with van der Waals surface area (Å²) in [6.07, 6.45) is 3.15. The van der Waals surface area contributed by atoms with E-state index in [0.717, 1.165) is 16.7 Å². The van der Waals surface area contributed by atoms with E-state index in [1.165, 1.54) is 4.90 Å². The number of hydrogen-bond acceptors (Lipinski definition) is 5. The van der Waals surface area contributed by atoms with Gasteiger partial charge in [-0.25, -0.2) is 4.79 Å². The van der Waals surface area contributed by atoms with Gasteiger partial charge in [-0.2, -0.15) is 0 Å². The van der Waals surface area contributed by atoms with Crippen LogP contribution in [0.4, 0.5) is 0 Å². The van der Waals surface area contributed by atoms with Crippen molar-refractivity contribution in [3.63, 3.8) is 0 Å². The Kier molecular flexibility index (Phi) is 5.56. The lowest BCUT2D eigenvalue weighted by Gasteiger charge is -2.48. The van der Waals surface area contributed by atoms with Gasteiger partial charge in [0.1, 0.15) is 17.1 Å². The van der Waals surface area contributed by atoms with E-state index >= 15 is 0 Å². The molecule has 0 unspecified atom stereocenters. The van der Waals surface area contributed by atoms with Crippen LogP contribution >= 0.6 is 11.8 Å². The lowest BCUT2D eigenvalue weighted by molar-refractivity contribution is -0.153. The molecule has 0 saturated carbocycles. The highest BCUT2D eigenvalue weighted by Crippen LogP contribution is 2.41. The van der Waals surface area contributed by atoms with E-state index in [9.17, 15) is 9.59 Å². The first kappa shape index (κ1) is 19.5. The number of β-lactam (4-membered cyclic amide) rings is 1. The molecule has 1 fully saturated rings. The van der Waals surface area contributed by atoms with Gasteiger partial charge in [0.25, 0.3) is 0 Å². The van der Waals surface area contributed by atoms with E-state index in [1.807, 2.05) is 79.7 Å².